The van der Waals surface area contributed by atoms with Gasteiger partial charge in [0.2, 0.25) is 5.89 Å². The molecule has 154 valence electrons. The van der Waals surface area contributed by atoms with Crippen molar-refractivity contribution >= 4 is 5.97 Å². The van der Waals surface area contributed by atoms with Gasteiger partial charge in [0.1, 0.15) is 0 Å². The summed E-state index contributed by atoms with van der Waals surface area (Å²) in [6, 6.07) is 0. The quantitative estimate of drug-likeness (QED) is 0.609. The zero-order valence-electron chi connectivity index (χ0n) is 17.5. The minimum absolute atomic E-state index is 0.242. The number of nitrogens with one attached hydrogen (secondary N) is 1. The first-order valence-corrected chi connectivity index (χ1v) is 10.6. The molecule has 6 heteroatoms. The molecule has 0 saturated heterocycles. The Balaban J connectivity index is 2.11. The van der Waals surface area contributed by atoms with Crippen LogP contribution in [0.25, 0.3) is 0 Å². The molecule has 0 bridgehead atoms. The summed E-state index contributed by atoms with van der Waals surface area (Å²) in [6.07, 6.45) is 9.65. The van der Waals surface area contributed by atoms with Gasteiger partial charge in [0, 0.05) is 0 Å². The number of nitrogens with zero attached hydrogens (tertiary/aromatic N) is 2. The highest BCUT2D eigenvalue weighted by atomic mass is 16.5. The standard InChI is InChI=1S/C21H37N3O3/c1-5-22-14-17-23-19(27-24-17)16(18(20(25)26)21(2,3)4)13-9-12-15-10-7-6-8-11-15/h15-16,18,22H,5-14H2,1-4H3,(H,25,26)/t16-,18?/m1/s1. The maximum Gasteiger partial charge on any atom is 0.307 e. The van der Waals surface area contributed by atoms with Crippen LogP contribution in [0.15, 0.2) is 4.52 Å². The Hall–Kier alpha value is -1.43. The minimum Gasteiger partial charge on any atom is -0.481 e. The van der Waals surface area contributed by atoms with E-state index in [0.29, 0.717) is 18.3 Å². The maximum atomic E-state index is 12.1. The number of carboxylic acids is 1. The first kappa shape index (κ1) is 21.9. The van der Waals surface area contributed by atoms with Crippen LogP contribution in [0.5, 0.6) is 0 Å². The first-order chi connectivity index (χ1) is 12.8. The van der Waals surface area contributed by atoms with E-state index in [2.05, 4.69) is 15.5 Å². The summed E-state index contributed by atoms with van der Waals surface area (Å²) < 4.78 is 5.53. The van der Waals surface area contributed by atoms with Gasteiger partial charge in [-0.15, -0.1) is 0 Å². The highest BCUT2D eigenvalue weighted by Gasteiger charge is 2.41. The number of hydrogen-bond acceptors (Lipinski definition) is 5. The Labute approximate surface area is 163 Å². The number of carboxylic acid groups (broad SMARTS) is 1. The molecule has 1 aromatic heterocycles. The van der Waals surface area contributed by atoms with Crippen LogP contribution in [0.3, 0.4) is 0 Å². The average molecular weight is 380 g/mol. The molecule has 0 aliphatic heterocycles. The van der Waals surface area contributed by atoms with E-state index in [4.69, 9.17) is 4.52 Å². The third kappa shape index (κ3) is 6.59. The van der Waals surface area contributed by atoms with Crippen LogP contribution in [-0.4, -0.2) is 27.8 Å². The largest absolute Gasteiger partial charge is 0.481 e. The van der Waals surface area contributed by atoms with Crippen LogP contribution in [0.1, 0.15) is 96.7 Å². The second-order valence-electron chi connectivity index (χ2n) is 9.05. The van der Waals surface area contributed by atoms with Gasteiger partial charge in [0.15, 0.2) is 5.82 Å². The van der Waals surface area contributed by atoms with E-state index < -0.39 is 11.9 Å². The second-order valence-corrected chi connectivity index (χ2v) is 9.05. The van der Waals surface area contributed by atoms with Crippen molar-refractivity contribution < 1.29 is 14.4 Å². The van der Waals surface area contributed by atoms with Gasteiger partial charge in [-0.3, -0.25) is 4.79 Å². The summed E-state index contributed by atoms with van der Waals surface area (Å²) in [6.45, 7) is 9.34. The molecule has 0 spiro atoms. The van der Waals surface area contributed by atoms with Gasteiger partial charge in [-0.25, -0.2) is 0 Å². The van der Waals surface area contributed by atoms with Gasteiger partial charge in [-0.05, 0) is 24.3 Å². The molecular formula is C21H37N3O3. The lowest BCUT2D eigenvalue weighted by Crippen LogP contribution is -2.34. The summed E-state index contributed by atoms with van der Waals surface area (Å²) in [7, 11) is 0. The van der Waals surface area contributed by atoms with E-state index in [1.54, 1.807) is 0 Å². The molecule has 1 aliphatic rings. The predicted molar refractivity (Wildman–Crippen MR) is 105 cm³/mol. The molecule has 1 unspecified atom stereocenters. The number of hydrogen-bond donors (Lipinski definition) is 2. The van der Waals surface area contributed by atoms with Gasteiger partial charge in [0.05, 0.1) is 18.4 Å². The van der Waals surface area contributed by atoms with Crippen molar-refractivity contribution in [1.82, 2.24) is 15.5 Å². The molecule has 2 N–H and O–H groups in total. The average Bonchev–Trinajstić information content (AvgIpc) is 3.07. The molecule has 27 heavy (non-hydrogen) atoms. The fourth-order valence-electron chi connectivity index (χ4n) is 4.41. The van der Waals surface area contributed by atoms with Crippen LogP contribution >= 0.6 is 0 Å². The van der Waals surface area contributed by atoms with Crippen molar-refractivity contribution in [3.8, 4) is 0 Å². The molecule has 2 atom stereocenters. The molecule has 1 aromatic rings. The molecule has 6 nitrogen and oxygen atoms in total. The minimum atomic E-state index is -0.781. The van der Waals surface area contributed by atoms with E-state index in [9.17, 15) is 9.90 Å². The predicted octanol–water partition coefficient (Wildman–Crippen LogP) is 4.76. The van der Waals surface area contributed by atoms with Gasteiger partial charge < -0.3 is 14.9 Å². The normalized spacial score (nSPS) is 18.4. The van der Waals surface area contributed by atoms with Crippen LogP contribution < -0.4 is 5.32 Å². The topological polar surface area (TPSA) is 88.2 Å². The van der Waals surface area contributed by atoms with Crippen molar-refractivity contribution in [3.63, 3.8) is 0 Å². The number of aliphatic carboxylic acids is 1. The summed E-state index contributed by atoms with van der Waals surface area (Å²) in [4.78, 5) is 16.6. The highest BCUT2D eigenvalue weighted by Crippen LogP contribution is 2.41. The van der Waals surface area contributed by atoms with Crippen molar-refractivity contribution in [2.24, 2.45) is 17.3 Å². The lowest BCUT2D eigenvalue weighted by molar-refractivity contribution is -0.147. The zero-order chi connectivity index (χ0) is 19.9. The molecule has 0 amide bonds. The Kier molecular flexibility index (Phi) is 8.27. The van der Waals surface area contributed by atoms with Crippen molar-refractivity contribution in [2.75, 3.05) is 6.54 Å². The summed E-state index contributed by atoms with van der Waals surface area (Å²) in [5, 5.41) is 17.2. The molecule has 1 saturated carbocycles. The van der Waals surface area contributed by atoms with Crippen LogP contribution in [-0.2, 0) is 11.3 Å². The highest BCUT2D eigenvalue weighted by molar-refractivity contribution is 5.72. The Morgan fingerprint density at radius 3 is 2.59 bits per heavy atom. The van der Waals surface area contributed by atoms with Crippen molar-refractivity contribution in [3.05, 3.63) is 11.7 Å². The summed E-state index contributed by atoms with van der Waals surface area (Å²) in [5.41, 5.74) is -0.377. The summed E-state index contributed by atoms with van der Waals surface area (Å²) in [5.74, 6) is 0.308. The molecule has 1 heterocycles. The Bertz CT molecular complexity index is 573. The number of carbonyl (C=O) groups is 1. The summed E-state index contributed by atoms with van der Waals surface area (Å²) >= 11 is 0. The van der Waals surface area contributed by atoms with Crippen LogP contribution in [0.2, 0.25) is 0 Å². The molecule has 2 rings (SSSR count). The maximum absolute atomic E-state index is 12.1. The smallest absolute Gasteiger partial charge is 0.307 e. The van der Waals surface area contributed by atoms with E-state index in [1.165, 1.54) is 38.5 Å². The third-order valence-electron chi connectivity index (χ3n) is 5.79. The van der Waals surface area contributed by atoms with Crippen LogP contribution in [0, 0.1) is 17.3 Å². The van der Waals surface area contributed by atoms with Crippen molar-refractivity contribution in [2.45, 2.75) is 91.5 Å². The molecular weight excluding hydrogens is 342 g/mol. The van der Waals surface area contributed by atoms with E-state index in [0.717, 1.165) is 25.3 Å². The molecule has 0 radical (unpaired) electrons. The third-order valence-corrected chi connectivity index (χ3v) is 5.79. The van der Waals surface area contributed by atoms with Gasteiger partial charge >= 0.3 is 5.97 Å². The van der Waals surface area contributed by atoms with Crippen molar-refractivity contribution in [1.29, 1.82) is 0 Å². The second kappa shape index (κ2) is 10.2. The Morgan fingerprint density at radius 2 is 2.00 bits per heavy atom. The van der Waals surface area contributed by atoms with Gasteiger partial charge in [0.25, 0.3) is 0 Å². The van der Waals surface area contributed by atoms with E-state index in [1.807, 2.05) is 27.7 Å². The van der Waals surface area contributed by atoms with E-state index in [-0.39, 0.29) is 11.3 Å². The zero-order valence-corrected chi connectivity index (χ0v) is 17.5. The molecule has 1 aliphatic carbocycles. The van der Waals surface area contributed by atoms with Gasteiger partial charge in [-0.2, -0.15) is 4.98 Å². The fraction of sp³-hybridized carbons (Fsp3) is 0.857. The number of rotatable bonds is 10. The molecule has 1 fully saturated rings. The fourth-order valence-corrected chi connectivity index (χ4v) is 4.41. The SMILES string of the molecule is CCNCc1noc([C@H](CCCC2CCCCC2)C(C(=O)O)C(C)(C)C)n1. The first-order valence-electron chi connectivity index (χ1n) is 10.6. The van der Waals surface area contributed by atoms with E-state index >= 15 is 0 Å². The Morgan fingerprint density at radius 1 is 1.30 bits per heavy atom. The lowest BCUT2D eigenvalue weighted by atomic mass is 9.71. The lowest BCUT2D eigenvalue weighted by Gasteiger charge is -2.32. The van der Waals surface area contributed by atoms with Crippen LogP contribution in [0.4, 0.5) is 0 Å². The van der Waals surface area contributed by atoms with Gasteiger partial charge in [-0.1, -0.05) is 77.8 Å². The molecule has 0 aromatic carbocycles. The monoisotopic (exact) mass is 379 g/mol. The number of aromatic nitrogens is 2.